The first-order valence-electron chi connectivity index (χ1n) is 14.2. The van der Waals surface area contributed by atoms with Crippen molar-refractivity contribution in [2.75, 3.05) is 19.5 Å². The highest BCUT2D eigenvalue weighted by Gasteiger charge is 2.70. The monoisotopic (exact) mass is 570 g/mol. The van der Waals surface area contributed by atoms with Gasteiger partial charge in [-0.15, -0.1) is 0 Å². The van der Waals surface area contributed by atoms with Crippen LogP contribution in [0.15, 0.2) is 97.2 Å². The van der Waals surface area contributed by atoms with Crippen molar-refractivity contribution in [1.29, 1.82) is 0 Å². The lowest BCUT2D eigenvalue weighted by atomic mass is 9.62. The normalized spacial score (nSPS) is 22.9. The number of nitrogens with one attached hydrogen (secondary N) is 1. The van der Waals surface area contributed by atoms with Gasteiger partial charge in [0.2, 0.25) is 5.91 Å². The van der Waals surface area contributed by atoms with Crippen LogP contribution in [0.4, 0.5) is 5.69 Å². The first-order valence-corrected chi connectivity index (χ1v) is 14.2. The summed E-state index contributed by atoms with van der Waals surface area (Å²) >= 11 is 0. The molecule has 0 unspecified atom stereocenters. The van der Waals surface area contributed by atoms with Crippen molar-refractivity contribution in [2.24, 2.45) is 5.92 Å². The molecule has 0 aliphatic carbocycles. The van der Waals surface area contributed by atoms with E-state index in [0.29, 0.717) is 28.3 Å². The molecule has 1 spiro atoms. The van der Waals surface area contributed by atoms with Crippen LogP contribution >= 0.6 is 0 Å². The van der Waals surface area contributed by atoms with Gasteiger partial charge in [-0.05, 0) is 47.9 Å². The molecular weight excluding hydrogens is 540 g/mol. The summed E-state index contributed by atoms with van der Waals surface area (Å²) in [6, 6.07) is 26.1. The first kappa shape index (κ1) is 26.7. The van der Waals surface area contributed by atoms with Gasteiger partial charge in [-0.1, -0.05) is 72.3 Å². The molecule has 7 nitrogen and oxygen atoms in total. The maximum Gasteiger partial charge on any atom is 0.238 e. The van der Waals surface area contributed by atoms with E-state index in [4.69, 9.17) is 9.47 Å². The highest BCUT2D eigenvalue weighted by Crippen LogP contribution is 2.62. The molecule has 7 rings (SSSR count). The van der Waals surface area contributed by atoms with Crippen molar-refractivity contribution in [1.82, 2.24) is 4.90 Å². The molecule has 43 heavy (non-hydrogen) atoms. The van der Waals surface area contributed by atoms with Gasteiger partial charge in [0.05, 0.1) is 31.7 Å². The fourth-order valence-electron chi connectivity index (χ4n) is 7.23. The van der Waals surface area contributed by atoms with Gasteiger partial charge in [-0.25, -0.2) is 0 Å². The summed E-state index contributed by atoms with van der Waals surface area (Å²) in [4.78, 5) is 46.3. The number of hydrogen-bond acceptors (Lipinski definition) is 6. The summed E-state index contributed by atoms with van der Waals surface area (Å²) in [5.41, 5.74) is 3.53. The van der Waals surface area contributed by atoms with Crippen LogP contribution < -0.4 is 14.8 Å². The van der Waals surface area contributed by atoms with Crippen molar-refractivity contribution in [2.45, 2.75) is 24.4 Å². The Labute approximate surface area is 249 Å². The van der Waals surface area contributed by atoms with E-state index in [1.165, 1.54) is 7.11 Å². The van der Waals surface area contributed by atoms with Gasteiger partial charge in [0.1, 0.15) is 23.0 Å². The molecule has 1 amide bonds. The highest BCUT2D eigenvalue weighted by atomic mass is 16.5. The molecule has 1 N–H and O–H groups in total. The number of carbonyl (C=O) groups is 3. The Hall–Kier alpha value is -5.17. The molecular formula is C36H30N2O5. The Bertz CT molecular complexity index is 1830. The number of fused-ring (bicyclic) bond motifs is 6. The molecule has 214 valence electrons. The number of amides is 1. The highest BCUT2D eigenvalue weighted by molar-refractivity contribution is 6.17. The summed E-state index contributed by atoms with van der Waals surface area (Å²) < 4.78 is 11.1. The van der Waals surface area contributed by atoms with Crippen LogP contribution in [0.1, 0.15) is 49.0 Å². The number of aryl methyl sites for hydroxylation is 1. The average molecular weight is 571 g/mol. The third kappa shape index (κ3) is 3.77. The van der Waals surface area contributed by atoms with Gasteiger partial charge in [0.15, 0.2) is 11.6 Å². The van der Waals surface area contributed by atoms with E-state index in [1.807, 2.05) is 84.8 Å². The van der Waals surface area contributed by atoms with E-state index in [1.54, 1.807) is 37.4 Å². The zero-order valence-corrected chi connectivity index (χ0v) is 24.0. The average Bonchev–Trinajstić information content (AvgIpc) is 3.52. The SMILES string of the molecule is COc1ccc(C(=O)[C@@H]2[C@H](C(=O)c3ccc(C)cc3)N3C=Cc4ccccc4[C@@H]3[C@@]23C(=O)Nc2ccccc23)c(OC)c1. The van der Waals surface area contributed by atoms with Crippen molar-refractivity contribution < 1.29 is 23.9 Å². The van der Waals surface area contributed by atoms with Crippen LogP contribution in [0.3, 0.4) is 0 Å². The third-order valence-corrected chi connectivity index (χ3v) is 9.13. The number of nitrogens with zero attached hydrogens (tertiary/aromatic N) is 1. The van der Waals surface area contributed by atoms with Crippen LogP contribution in [0.2, 0.25) is 0 Å². The van der Waals surface area contributed by atoms with E-state index in [-0.39, 0.29) is 23.0 Å². The number of anilines is 1. The number of para-hydroxylation sites is 1. The smallest absolute Gasteiger partial charge is 0.238 e. The van der Waals surface area contributed by atoms with Crippen LogP contribution in [0.5, 0.6) is 11.5 Å². The van der Waals surface area contributed by atoms with Crippen molar-refractivity contribution in [3.05, 3.63) is 131 Å². The van der Waals surface area contributed by atoms with E-state index in [0.717, 1.165) is 16.7 Å². The molecule has 3 aliphatic rings. The molecule has 1 fully saturated rings. The van der Waals surface area contributed by atoms with E-state index in [2.05, 4.69) is 5.32 Å². The Balaban J connectivity index is 1.54. The zero-order valence-electron chi connectivity index (χ0n) is 24.0. The minimum absolute atomic E-state index is 0.228. The van der Waals surface area contributed by atoms with Gasteiger partial charge < -0.3 is 19.7 Å². The maximum absolute atomic E-state index is 15.1. The number of Topliss-reactive ketones (excluding diaryl/α,β-unsaturated/α-hetero) is 2. The molecule has 0 saturated carbocycles. The van der Waals surface area contributed by atoms with Crippen LogP contribution in [-0.2, 0) is 10.2 Å². The summed E-state index contributed by atoms with van der Waals surface area (Å²) in [5.74, 6) is -1.13. The van der Waals surface area contributed by atoms with Crippen LogP contribution in [-0.4, -0.2) is 42.6 Å². The van der Waals surface area contributed by atoms with Gasteiger partial charge in [0.25, 0.3) is 0 Å². The predicted molar refractivity (Wildman–Crippen MR) is 163 cm³/mol. The molecule has 4 atom stereocenters. The van der Waals surface area contributed by atoms with Gasteiger partial charge in [0, 0.05) is 23.5 Å². The standard InChI is InChI=1S/C36H30N2O5/c1-21-12-14-23(15-13-21)32(39)31-30(33(40)26-17-16-24(42-2)20-29(26)43-3)36(27-10-6-7-11-28(27)37-35(36)41)34-25-9-5-4-8-22(25)18-19-38(31)34/h4-20,30-31,34H,1-3H3,(H,37,41)/t30-,31+,34+,36-/m0/s1. The van der Waals surface area contributed by atoms with Gasteiger partial charge in [-0.3, -0.25) is 14.4 Å². The lowest BCUT2D eigenvalue weighted by Crippen LogP contribution is -2.49. The fourth-order valence-corrected chi connectivity index (χ4v) is 7.23. The Kier molecular flexibility index (Phi) is 6.20. The number of hydrogen-bond donors (Lipinski definition) is 1. The zero-order chi connectivity index (χ0) is 29.9. The molecule has 1 saturated heterocycles. The topological polar surface area (TPSA) is 84.9 Å². The Morgan fingerprint density at radius 1 is 0.860 bits per heavy atom. The molecule has 0 aromatic heterocycles. The lowest BCUT2D eigenvalue weighted by molar-refractivity contribution is -0.122. The number of ether oxygens (including phenoxy) is 2. The second kappa shape index (κ2) is 9.98. The minimum Gasteiger partial charge on any atom is -0.497 e. The summed E-state index contributed by atoms with van der Waals surface area (Å²) in [7, 11) is 3.03. The number of rotatable bonds is 6. The van der Waals surface area contributed by atoms with Crippen molar-refractivity contribution in [3.63, 3.8) is 0 Å². The predicted octanol–water partition coefficient (Wildman–Crippen LogP) is 5.99. The van der Waals surface area contributed by atoms with Crippen molar-refractivity contribution in [3.8, 4) is 11.5 Å². The van der Waals surface area contributed by atoms with E-state index >= 15 is 4.79 Å². The number of ketones is 2. The minimum atomic E-state index is -1.41. The molecule has 3 heterocycles. The lowest BCUT2D eigenvalue weighted by Gasteiger charge is -2.38. The summed E-state index contributed by atoms with van der Waals surface area (Å²) in [5, 5.41) is 3.08. The fraction of sp³-hybridized carbons (Fsp3) is 0.194. The second-order valence-corrected chi connectivity index (χ2v) is 11.2. The second-order valence-electron chi connectivity index (χ2n) is 11.2. The van der Waals surface area contributed by atoms with Crippen LogP contribution in [0, 0.1) is 12.8 Å². The molecule has 4 aromatic rings. The molecule has 4 aromatic carbocycles. The number of carbonyl (C=O) groups excluding carboxylic acids is 3. The first-order chi connectivity index (χ1) is 20.9. The van der Waals surface area contributed by atoms with Gasteiger partial charge in [-0.2, -0.15) is 0 Å². The third-order valence-electron chi connectivity index (χ3n) is 9.13. The Morgan fingerprint density at radius 3 is 2.37 bits per heavy atom. The van der Waals surface area contributed by atoms with Gasteiger partial charge >= 0.3 is 0 Å². The van der Waals surface area contributed by atoms with Crippen LogP contribution in [0.25, 0.3) is 6.08 Å². The summed E-state index contributed by atoms with van der Waals surface area (Å²) in [6.45, 7) is 1.96. The van der Waals surface area contributed by atoms with E-state index in [9.17, 15) is 9.59 Å². The molecule has 0 radical (unpaired) electrons. The maximum atomic E-state index is 15.1. The van der Waals surface area contributed by atoms with Crippen molar-refractivity contribution >= 4 is 29.2 Å². The molecule has 3 aliphatic heterocycles. The quantitative estimate of drug-likeness (QED) is 0.287. The molecule has 0 bridgehead atoms. The summed E-state index contributed by atoms with van der Waals surface area (Å²) in [6.07, 6.45) is 3.83. The largest absolute Gasteiger partial charge is 0.497 e. The number of benzene rings is 4. The molecule has 7 heteroatoms. The number of methoxy groups -OCH3 is 2. The van der Waals surface area contributed by atoms with E-state index < -0.39 is 23.4 Å². The Morgan fingerprint density at radius 2 is 1.60 bits per heavy atom.